The van der Waals surface area contributed by atoms with Crippen LogP contribution in [0.15, 0.2) is 28.0 Å². The fraction of sp³-hybridized carbons (Fsp3) is 0.467. The third-order valence-corrected chi connectivity index (χ3v) is 5.08. The summed E-state index contributed by atoms with van der Waals surface area (Å²) in [5.74, 6) is 0.977. The molecule has 2 aromatic rings. The summed E-state index contributed by atoms with van der Waals surface area (Å²) in [7, 11) is 0. The van der Waals surface area contributed by atoms with Crippen LogP contribution in [0.25, 0.3) is 11.6 Å². The van der Waals surface area contributed by atoms with Gasteiger partial charge < -0.3 is 10.2 Å². The number of Topliss-reactive ketones (excluding diaryl/α,β-unsaturated/α-hetero) is 1. The summed E-state index contributed by atoms with van der Waals surface area (Å²) in [6, 6.07) is 3.55. The summed E-state index contributed by atoms with van der Waals surface area (Å²) in [6.07, 6.45) is 5.21. The number of ketones is 1. The van der Waals surface area contributed by atoms with E-state index < -0.39 is 5.91 Å². The number of nitrogens with two attached hydrogens (primary N) is 1. The van der Waals surface area contributed by atoms with Crippen LogP contribution < -0.4 is 5.73 Å². The van der Waals surface area contributed by atoms with Gasteiger partial charge in [-0.1, -0.05) is 18.2 Å². The zero-order chi connectivity index (χ0) is 16.2. The third-order valence-electron chi connectivity index (χ3n) is 3.79. The van der Waals surface area contributed by atoms with E-state index in [4.69, 9.17) is 10.2 Å². The Kier molecular flexibility index (Phi) is 4.80. The lowest BCUT2D eigenvalue weighted by atomic mass is 9.99. The third kappa shape index (κ3) is 3.64. The molecule has 0 aliphatic heterocycles. The molecule has 7 nitrogen and oxygen atoms in total. The summed E-state index contributed by atoms with van der Waals surface area (Å²) in [5, 5.41) is 8.88. The summed E-state index contributed by atoms with van der Waals surface area (Å²) in [5.41, 5.74) is 5.26. The lowest BCUT2D eigenvalue weighted by Gasteiger charge is -2.19. The Labute approximate surface area is 137 Å². The second-order valence-electron chi connectivity index (χ2n) is 5.47. The molecule has 1 fully saturated rings. The molecule has 23 heavy (non-hydrogen) atoms. The van der Waals surface area contributed by atoms with Crippen LogP contribution in [-0.2, 0) is 16.1 Å². The van der Waals surface area contributed by atoms with Crippen molar-refractivity contribution in [3.05, 3.63) is 18.4 Å². The van der Waals surface area contributed by atoms with E-state index in [0.29, 0.717) is 29.7 Å². The van der Waals surface area contributed by atoms with Crippen molar-refractivity contribution in [3.8, 4) is 11.6 Å². The molecule has 0 aromatic carbocycles. The van der Waals surface area contributed by atoms with E-state index in [0.717, 1.165) is 19.3 Å². The van der Waals surface area contributed by atoms with Crippen LogP contribution in [0.5, 0.6) is 0 Å². The first-order valence-electron chi connectivity index (χ1n) is 7.60. The fourth-order valence-corrected chi connectivity index (χ4v) is 3.77. The van der Waals surface area contributed by atoms with Crippen molar-refractivity contribution in [1.29, 1.82) is 0 Å². The van der Waals surface area contributed by atoms with Crippen LogP contribution in [0.2, 0.25) is 0 Å². The van der Waals surface area contributed by atoms with E-state index >= 15 is 0 Å². The number of aromatic nitrogens is 3. The minimum Gasteiger partial charge on any atom is -0.461 e. The predicted octanol–water partition coefficient (Wildman–Crippen LogP) is 2.02. The van der Waals surface area contributed by atoms with Crippen molar-refractivity contribution in [2.24, 2.45) is 5.73 Å². The molecular weight excluding hydrogens is 316 g/mol. The first-order chi connectivity index (χ1) is 11.1. The SMILES string of the molecule is NC(=O)CCn1c(SC2CCCCC2=O)nnc1-c1ccco1. The van der Waals surface area contributed by atoms with Crippen LogP contribution in [0.3, 0.4) is 0 Å². The minimum atomic E-state index is -0.395. The molecular formula is C15H18N4O3S. The molecule has 1 amide bonds. The van der Waals surface area contributed by atoms with E-state index in [9.17, 15) is 9.59 Å². The smallest absolute Gasteiger partial charge is 0.219 e. The quantitative estimate of drug-likeness (QED) is 0.866. The first kappa shape index (κ1) is 15.8. The molecule has 2 heterocycles. The standard InChI is InChI=1S/C15H18N4O3S/c16-13(21)7-8-19-14(11-5-3-9-22-11)17-18-15(19)23-12-6-2-1-4-10(12)20/h3,5,9,12H,1-2,4,6-8H2,(H2,16,21). The number of carbonyl (C=O) groups excluding carboxylic acids is 2. The Hall–Kier alpha value is -2.09. The Balaban J connectivity index is 1.86. The van der Waals surface area contributed by atoms with Gasteiger partial charge in [0.2, 0.25) is 5.91 Å². The number of nitrogens with zero attached hydrogens (tertiary/aromatic N) is 3. The summed E-state index contributed by atoms with van der Waals surface area (Å²) in [4.78, 5) is 23.2. The van der Waals surface area contributed by atoms with Crippen LogP contribution in [-0.4, -0.2) is 31.7 Å². The molecule has 2 aromatic heterocycles. The van der Waals surface area contributed by atoms with E-state index in [2.05, 4.69) is 10.2 Å². The minimum absolute atomic E-state index is 0.0928. The first-order valence-corrected chi connectivity index (χ1v) is 8.48. The van der Waals surface area contributed by atoms with Crippen molar-refractivity contribution in [1.82, 2.24) is 14.8 Å². The lowest BCUT2D eigenvalue weighted by molar-refractivity contribution is -0.120. The number of amides is 1. The number of carbonyl (C=O) groups is 2. The molecule has 1 aliphatic rings. The Bertz CT molecular complexity index is 696. The van der Waals surface area contributed by atoms with Gasteiger partial charge in [-0.2, -0.15) is 0 Å². The number of hydrogen-bond acceptors (Lipinski definition) is 6. The molecule has 0 bridgehead atoms. The number of furan rings is 1. The predicted molar refractivity (Wildman–Crippen MR) is 84.7 cm³/mol. The average Bonchev–Trinajstić information content (AvgIpc) is 3.17. The number of thioether (sulfide) groups is 1. The van der Waals surface area contributed by atoms with E-state index in [1.54, 1.807) is 23.0 Å². The maximum absolute atomic E-state index is 12.0. The topological polar surface area (TPSA) is 104 Å². The molecule has 3 rings (SSSR count). The number of rotatable bonds is 6. The Morgan fingerprint density at radius 2 is 2.30 bits per heavy atom. The molecule has 0 spiro atoms. The molecule has 8 heteroatoms. The van der Waals surface area contributed by atoms with Gasteiger partial charge in [0.25, 0.3) is 0 Å². The second kappa shape index (κ2) is 6.99. The van der Waals surface area contributed by atoms with Crippen molar-refractivity contribution in [2.75, 3.05) is 0 Å². The van der Waals surface area contributed by atoms with Crippen LogP contribution >= 0.6 is 11.8 Å². The fourth-order valence-electron chi connectivity index (χ4n) is 2.59. The molecule has 122 valence electrons. The van der Waals surface area contributed by atoms with Crippen molar-refractivity contribution in [3.63, 3.8) is 0 Å². The number of primary amides is 1. The van der Waals surface area contributed by atoms with Crippen LogP contribution in [0.1, 0.15) is 32.1 Å². The maximum atomic E-state index is 12.0. The summed E-state index contributed by atoms with van der Waals surface area (Å²) >= 11 is 1.42. The van der Waals surface area contributed by atoms with Crippen molar-refractivity contribution in [2.45, 2.75) is 49.1 Å². The molecule has 1 unspecified atom stereocenters. The van der Waals surface area contributed by atoms with Gasteiger partial charge in [0.15, 0.2) is 16.7 Å². The highest BCUT2D eigenvalue weighted by atomic mass is 32.2. The zero-order valence-corrected chi connectivity index (χ0v) is 13.4. The molecule has 1 saturated carbocycles. The molecule has 1 aliphatic carbocycles. The maximum Gasteiger partial charge on any atom is 0.219 e. The van der Waals surface area contributed by atoms with Gasteiger partial charge in [-0.05, 0) is 25.0 Å². The molecule has 1 atom stereocenters. The van der Waals surface area contributed by atoms with Crippen LogP contribution in [0.4, 0.5) is 0 Å². The lowest BCUT2D eigenvalue weighted by Crippen LogP contribution is -2.22. The molecule has 0 radical (unpaired) electrons. The number of hydrogen-bond donors (Lipinski definition) is 1. The normalized spacial score (nSPS) is 18.3. The monoisotopic (exact) mass is 334 g/mol. The second-order valence-corrected chi connectivity index (χ2v) is 6.64. The van der Waals surface area contributed by atoms with Gasteiger partial charge in [-0.15, -0.1) is 10.2 Å². The van der Waals surface area contributed by atoms with Gasteiger partial charge >= 0.3 is 0 Å². The van der Waals surface area contributed by atoms with E-state index in [-0.39, 0.29) is 17.5 Å². The van der Waals surface area contributed by atoms with Gasteiger partial charge in [0, 0.05) is 19.4 Å². The Morgan fingerprint density at radius 1 is 1.43 bits per heavy atom. The van der Waals surface area contributed by atoms with Gasteiger partial charge in [-0.3, -0.25) is 14.2 Å². The largest absolute Gasteiger partial charge is 0.461 e. The van der Waals surface area contributed by atoms with Gasteiger partial charge in [0.1, 0.15) is 5.78 Å². The summed E-state index contributed by atoms with van der Waals surface area (Å²) in [6.45, 7) is 0.363. The Morgan fingerprint density at radius 3 is 3.00 bits per heavy atom. The van der Waals surface area contributed by atoms with Gasteiger partial charge in [0.05, 0.1) is 11.5 Å². The molecule has 2 N–H and O–H groups in total. The van der Waals surface area contributed by atoms with Crippen LogP contribution in [0, 0.1) is 0 Å². The average molecular weight is 334 g/mol. The highest BCUT2D eigenvalue weighted by Gasteiger charge is 2.26. The zero-order valence-electron chi connectivity index (χ0n) is 12.6. The van der Waals surface area contributed by atoms with Crippen molar-refractivity contribution >= 4 is 23.5 Å². The highest BCUT2D eigenvalue weighted by Crippen LogP contribution is 2.32. The van der Waals surface area contributed by atoms with E-state index in [1.165, 1.54) is 11.8 Å². The molecule has 0 saturated heterocycles. The highest BCUT2D eigenvalue weighted by molar-refractivity contribution is 8.00. The van der Waals surface area contributed by atoms with Gasteiger partial charge in [-0.25, -0.2) is 0 Å². The van der Waals surface area contributed by atoms with E-state index in [1.807, 2.05) is 0 Å². The van der Waals surface area contributed by atoms with Crippen molar-refractivity contribution < 1.29 is 14.0 Å². The summed E-state index contributed by atoms with van der Waals surface area (Å²) < 4.78 is 7.18.